The monoisotopic (exact) mass is 942 g/mol. The second-order valence-corrected chi connectivity index (χ2v) is 19.1. The summed E-state index contributed by atoms with van der Waals surface area (Å²) < 4.78 is 41.5. The van der Waals surface area contributed by atoms with Crippen molar-refractivity contribution in [3.63, 3.8) is 0 Å². The summed E-state index contributed by atoms with van der Waals surface area (Å²) in [5, 5.41) is 33.8. The van der Waals surface area contributed by atoms with E-state index >= 15 is 0 Å². The molecule has 67 heavy (non-hydrogen) atoms. The minimum absolute atomic E-state index is 0. The number of phenols is 2. The van der Waals surface area contributed by atoms with Crippen molar-refractivity contribution in [2.75, 3.05) is 30.9 Å². The van der Waals surface area contributed by atoms with E-state index in [2.05, 4.69) is 22.5 Å². The molecule has 0 aliphatic heterocycles. The molecule has 0 spiro atoms. The number of rotatable bonds is 26. The standard InChI is InChI=1S/C53H68N4O8S.Na/c1-6-7-8-9-10-11-12-13-14-15-16-17-18-19-20-23-34-57(4)49-33-31-41(66(62,63)64)36-48(49)54-51(60)45-37-47(42-24-21-22-25-43(42)50(45)59)56-55-46-32-28-39(35-44(46)52(61)65-5)53(2,3)38-26-29-40(58)30-27-38;/h21-22,24-33,35-37,58-59H,6-20,23,34H2,1-5H3,(H,54,60)(H,62,63,64);/q;+1/p-1. The minimum atomic E-state index is -4.87. The summed E-state index contributed by atoms with van der Waals surface area (Å²) in [5.41, 5.74) is 2.08. The van der Waals surface area contributed by atoms with E-state index in [-0.39, 0.29) is 69.2 Å². The van der Waals surface area contributed by atoms with Gasteiger partial charge in [0, 0.05) is 29.8 Å². The Bertz CT molecular complexity index is 2550. The summed E-state index contributed by atoms with van der Waals surface area (Å²) >= 11 is 0. The second-order valence-electron chi connectivity index (χ2n) is 17.7. The number of carbonyl (C=O) groups is 2. The second kappa shape index (κ2) is 26.7. The molecule has 5 aromatic carbocycles. The minimum Gasteiger partial charge on any atom is -0.744 e. The van der Waals surface area contributed by atoms with Crippen LogP contribution in [0, 0.1) is 0 Å². The molecule has 12 nitrogen and oxygen atoms in total. The Labute approximate surface area is 419 Å². The topological polar surface area (TPSA) is 181 Å². The van der Waals surface area contributed by atoms with E-state index in [0.717, 1.165) is 36.5 Å². The Morgan fingerprint density at radius 2 is 1.22 bits per heavy atom. The first-order valence-electron chi connectivity index (χ1n) is 23.5. The van der Waals surface area contributed by atoms with Crippen molar-refractivity contribution < 1.29 is 67.1 Å². The van der Waals surface area contributed by atoms with Crippen molar-refractivity contribution in [2.24, 2.45) is 10.2 Å². The van der Waals surface area contributed by atoms with Crippen LogP contribution < -0.4 is 39.8 Å². The van der Waals surface area contributed by atoms with E-state index in [1.165, 1.54) is 109 Å². The van der Waals surface area contributed by atoms with Crippen LogP contribution in [0.4, 0.5) is 22.7 Å². The number of fused-ring (bicyclic) bond motifs is 1. The number of azo groups is 1. The summed E-state index contributed by atoms with van der Waals surface area (Å²) in [6, 6.07) is 24.0. The van der Waals surface area contributed by atoms with Crippen molar-refractivity contribution in [1.82, 2.24) is 0 Å². The van der Waals surface area contributed by atoms with Crippen LogP contribution in [0.1, 0.15) is 155 Å². The Morgan fingerprint density at radius 1 is 0.687 bits per heavy atom. The van der Waals surface area contributed by atoms with Gasteiger partial charge in [0.05, 0.1) is 40.2 Å². The van der Waals surface area contributed by atoms with Crippen LogP contribution >= 0.6 is 0 Å². The third-order valence-corrected chi connectivity index (χ3v) is 13.3. The SMILES string of the molecule is CCCCCCCCCCCCCCCCCCN(C)c1ccc(S(=O)(=O)[O-])cc1NC(=O)c1cc(N=Nc2ccc(C(C)(C)c3ccc(O)cc3)cc2C(=O)OC)c2ccccc2c1O.[Na+]. The van der Waals surface area contributed by atoms with Crippen molar-refractivity contribution in [3.05, 3.63) is 113 Å². The molecule has 0 heterocycles. The molecule has 354 valence electrons. The predicted octanol–water partition coefficient (Wildman–Crippen LogP) is 10.6. The summed E-state index contributed by atoms with van der Waals surface area (Å²) in [6.07, 6.45) is 20.1. The molecule has 14 heteroatoms. The molecule has 0 unspecified atom stereocenters. The number of nitrogens with zero attached hydrogens (tertiary/aromatic N) is 3. The fourth-order valence-electron chi connectivity index (χ4n) is 8.35. The first-order chi connectivity index (χ1) is 31.6. The number of anilines is 2. The number of hydrogen-bond acceptors (Lipinski definition) is 11. The maximum atomic E-state index is 14.1. The fraction of sp³-hybridized carbons (Fsp3) is 0.434. The van der Waals surface area contributed by atoms with Gasteiger partial charge in [0.15, 0.2) is 0 Å². The smallest absolute Gasteiger partial charge is 0.744 e. The van der Waals surface area contributed by atoms with Gasteiger partial charge in [-0.2, -0.15) is 0 Å². The maximum absolute atomic E-state index is 14.1. The number of nitrogens with one attached hydrogen (secondary N) is 1. The molecule has 1 amide bonds. The van der Waals surface area contributed by atoms with Gasteiger partial charge in [-0.3, -0.25) is 4.79 Å². The number of esters is 1. The Hall–Kier alpha value is -4.79. The van der Waals surface area contributed by atoms with Gasteiger partial charge in [0.2, 0.25) is 0 Å². The number of unbranched alkanes of at least 4 members (excludes halogenated alkanes) is 15. The van der Waals surface area contributed by atoms with Crippen LogP contribution in [0.2, 0.25) is 0 Å². The van der Waals surface area contributed by atoms with Crippen LogP contribution in [-0.4, -0.2) is 55.8 Å². The molecule has 0 saturated heterocycles. The van der Waals surface area contributed by atoms with E-state index in [1.54, 1.807) is 48.5 Å². The molecule has 5 aromatic rings. The third kappa shape index (κ3) is 15.6. The number of ether oxygens (including phenoxy) is 1. The quantitative estimate of drug-likeness (QED) is 0.0160. The van der Waals surface area contributed by atoms with E-state index in [4.69, 9.17) is 4.74 Å². The van der Waals surface area contributed by atoms with Gasteiger partial charge in [-0.15, -0.1) is 10.2 Å². The Kier molecular flexibility index (Phi) is 21.8. The zero-order valence-electron chi connectivity index (χ0n) is 40.3. The Balaban J connectivity index is 0.00000980. The molecule has 0 aromatic heterocycles. The average Bonchev–Trinajstić information content (AvgIpc) is 3.30. The summed E-state index contributed by atoms with van der Waals surface area (Å²) in [4.78, 5) is 28.7. The van der Waals surface area contributed by atoms with Gasteiger partial charge in [0.25, 0.3) is 5.91 Å². The maximum Gasteiger partial charge on any atom is 1.00 e. The number of amides is 1. The van der Waals surface area contributed by atoms with Crippen LogP contribution in [0.5, 0.6) is 11.5 Å². The normalized spacial score (nSPS) is 11.7. The van der Waals surface area contributed by atoms with Crippen molar-refractivity contribution in [1.29, 1.82) is 0 Å². The molecule has 0 aliphatic rings. The molecular weight excluding hydrogens is 876 g/mol. The number of benzene rings is 5. The average molecular weight is 943 g/mol. The van der Waals surface area contributed by atoms with Crippen molar-refractivity contribution in [2.45, 2.75) is 134 Å². The van der Waals surface area contributed by atoms with Gasteiger partial charge in [0.1, 0.15) is 27.3 Å². The molecule has 0 fully saturated rings. The summed E-state index contributed by atoms with van der Waals surface area (Å²) in [6.45, 7) is 6.86. The summed E-state index contributed by atoms with van der Waals surface area (Å²) in [5.74, 6) is -1.61. The Morgan fingerprint density at radius 3 is 1.79 bits per heavy atom. The number of carbonyl (C=O) groups excluding carboxylic acids is 2. The molecule has 0 aliphatic carbocycles. The first-order valence-corrected chi connectivity index (χ1v) is 24.9. The van der Waals surface area contributed by atoms with Gasteiger partial charge >= 0.3 is 35.5 Å². The molecule has 0 radical (unpaired) electrons. The van der Waals surface area contributed by atoms with Gasteiger partial charge in [-0.05, 0) is 66.1 Å². The molecule has 0 bridgehead atoms. The molecule has 0 atom stereocenters. The van der Waals surface area contributed by atoms with E-state index in [9.17, 15) is 32.8 Å². The van der Waals surface area contributed by atoms with Crippen LogP contribution in [0.3, 0.4) is 0 Å². The van der Waals surface area contributed by atoms with Crippen LogP contribution in [0.25, 0.3) is 10.8 Å². The zero-order chi connectivity index (χ0) is 47.7. The van der Waals surface area contributed by atoms with E-state index in [0.29, 0.717) is 23.0 Å². The largest absolute Gasteiger partial charge is 1.00 e. The fourth-order valence-corrected chi connectivity index (χ4v) is 8.84. The predicted molar refractivity (Wildman–Crippen MR) is 263 cm³/mol. The molecular formula is C53H67N4NaO8S. The van der Waals surface area contributed by atoms with Gasteiger partial charge in [-0.25, -0.2) is 13.2 Å². The van der Waals surface area contributed by atoms with Gasteiger partial charge < -0.3 is 29.7 Å². The van der Waals surface area contributed by atoms with Crippen LogP contribution in [0.15, 0.2) is 106 Å². The van der Waals surface area contributed by atoms with E-state index in [1.807, 2.05) is 44.0 Å². The van der Waals surface area contributed by atoms with E-state index < -0.39 is 32.3 Å². The third-order valence-electron chi connectivity index (χ3n) is 12.5. The van der Waals surface area contributed by atoms with Gasteiger partial charge in [-0.1, -0.05) is 160 Å². The molecule has 5 rings (SSSR count). The zero-order valence-corrected chi connectivity index (χ0v) is 43.1. The number of hydrogen-bond donors (Lipinski definition) is 3. The summed E-state index contributed by atoms with van der Waals surface area (Å²) in [7, 11) is -1.75. The number of aromatic hydroxyl groups is 2. The number of phenolic OH excluding ortho intramolecular Hbond substituents is 2. The van der Waals surface area contributed by atoms with Crippen molar-refractivity contribution in [3.8, 4) is 11.5 Å². The van der Waals surface area contributed by atoms with Crippen molar-refractivity contribution >= 4 is 55.5 Å². The number of methoxy groups -OCH3 is 1. The first kappa shape index (κ1) is 54.8. The molecule has 0 saturated carbocycles. The van der Waals surface area contributed by atoms with Crippen LogP contribution in [-0.2, 0) is 20.3 Å². The molecule has 3 N–H and O–H groups in total.